The largest absolute Gasteiger partial charge is 1.00 e. The molecule has 0 fully saturated rings. The molecule has 0 saturated carbocycles. The van der Waals surface area contributed by atoms with E-state index in [4.69, 9.17) is 10.2 Å². The first-order valence-electron chi connectivity index (χ1n) is 4.64. The average Bonchev–Trinajstić information content (AvgIpc) is 2.45. The summed E-state index contributed by atoms with van der Waals surface area (Å²) < 4.78 is 0. The molecule has 0 aliphatic carbocycles. The van der Waals surface area contributed by atoms with E-state index < -0.39 is 35.3 Å². The molecule has 0 aromatic heterocycles. The van der Waals surface area contributed by atoms with Crippen molar-refractivity contribution in [2.75, 3.05) is 17.3 Å². The molecule has 23 heavy (non-hydrogen) atoms. The zero-order valence-electron chi connectivity index (χ0n) is 11.7. The topological polar surface area (TPSA) is 166 Å². The maximum absolute atomic E-state index is 9.84. The van der Waals surface area contributed by atoms with Crippen molar-refractivity contribution in [1.29, 1.82) is 0 Å². The number of rotatable bonds is 6. The number of hydrogen-bond acceptors (Lipinski definition) is 10. The van der Waals surface area contributed by atoms with Crippen LogP contribution in [-0.4, -0.2) is 62.7 Å². The van der Waals surface area contributed by atoms with E-state index in [0.29, 0.717) is 0 Å². The number of aliphatic carboxylic acids is 3. The van der Waals surface area contributed by atoms with Gasteiger partial charge in [0.25, 0.3) is 0 Å². The minimum absolute atomic E-state index is 0. The predicted molar refractivity (Wildman–Crippen MR) is 87.2 cm³/mol. The summed E-state index contributed by atoms with van der Waals surface area (Å²) in [7, 11) is 0. The van der Waals surface area contributed by atoms with Gasteiger partial charge in [-0.3, -0.25) is 14.4 Å². The maximum atomic E-state index is 9.84. The van der Waals surface area contributed by atoms with E-state index in [1.54, 1.807) is 0 Å². The van der Waals surface area contributed by atoms with Gasteiger partial charge in [0.05, 0.1) is 17.3 Å². The molecule has 9 nitrogen and oxygen atoms in total. The third kappa shape index (κ3) is 27.0. The van der Waals surface area contributed by atoms with Crippen LogP contribution in [0.1, 0.15) is 0 Å². The molecule has 0 aliphatic heterocycles. The number of carbonyl (C=O) groups excluding carboxylic acids is 4. The Morgan fingerprint density at radius 1 is 0.696 bits per heavy atom. The van der Waals surface area contributed by atoms with Crippen molar-refractivity contribution in [3.05, 3.63) is 0 Å². The summed E-state index contributed by atoms with van der Waals surface area (Å²) in [6.45, 7) is 0. The number of carboxylic acid groups (broad SMARTS) is 3. The number of thiol groups is 3. The van der Waals surface area contributed by atoms with Crippen LogP contribution in [0.2, 0.25) is 0 Å². The van der Waals surface area contributed by atoms with E-state index in [-0.39, 0.29) is 60.3 Å². The van der Waals surface area contributed by atoms with Gasteiger partial charge in [-0.25, -0.2) is 9.59 Å². The molecule has 128 valence electrons. The minimum Gasteiger partial charge on any atom is -0.542 e. The van der Waals surface area contributed by atoms with E-state index in [1.807, 2.05) is 0 Å². The van der Waals surface area contributed by atoms with Crippen molar-refractivity contribution in [3.63, 3.8) is 0 Å². The maximum Gasteiger partial charge on any atom is 1.00 e. The second-order valence-corrected chi connectivity index (χ2v) is 3.59. The van der Waals surface area contributed by atoms with E-state index in [1.165, 1.54) is 0 Å². The Kier molecular flexibility index (Phi) is 32.5. The van der Waals surface area contributed by atoms with Crippen LogP contribution in [0.5, 0.6) is 0 Å². The van der Waals surface area contributed by atoms with Gasteiger partial charge in [-0.1, -0.05) is 0 Å². The Morgan fingerprint density at radius 3 is 0.913 bits per heavy atom. The summed E-state index contributed by atoms with van der Waals surface area (Å²) in [5.41, 5.74) is 0. The van der Waals surface area contributed by atoms with Crippen molar-refractivity contribution in [2.24, 2.45) is 0 Å². The van der Waals surface area contributed by atoms with Crippen LogP contribution in [0.15, 0.2) is 0 Å². The number of ketones is 3. The van der Waals surface area contributed by atoms with Crippen LogP contribution in [0, 0.1) is 0 Å². The molecule has 0 spiro atoms. The van der Waals surface area contributed by atoms with Crippen molar-refractivity contribution >= 4 is 86.6 Å². The summed E-state index contributed by atoms with van der Waals surface area (Å²) in [4.78, 5) is 57.9. The van der Waals surface area contributed by atoms with Crippen LogP contribution < -0.4 is 34.7 Å². The first-order chi connectivity index (χ1) is 9.54. The van der Waals surface area contributed by atoms with Crippen molar-refractivity contribution in [2.45, 2.75) is 0 Å². The van der Waals surface area contributed by atoms with Crippen molar-refractivity contribution < 1.29 is 73.6 Å². The zero-order valence-corrected chi connectivity index (χ0v) is 17.4. The second-order valence-electron chi connectivity index (χ2n) is 2.64. The predicted octanol–water partition coefficient (Wildman–Crippen LogP) is -5.51. The Labute approximate surface area is 176 Å². The molecule has 14 heteroatoms. The summed E-state index contributed by atoms with van der Waals surface area (Å²) in [5.74, 6) is -7.98. The molecule has 2 N–H and O–H groups in total. The van der Waals surface area contributed by atoms with Gasteiger partial charge in [-0.2, -0.15) is 51.4 Å². The Bertz CT molecular complexity index is 365. The average molecular weight is 416 g/mol. The summed E-state index contributed by atoms with van der Waals surface area (Å²) in [6, 6.07) is 0. The van der Waals surface area contributed by atoms with Crippen LogP contribution in [0.4, 0.5) is 0 Å². The molecule has 0 aromatic carbocycles. The Balaban J connectivity index is -0.0000000675. The van der Waals surface area contributed by atoms with Gasteiger partial charge in [-0.15, -0.1) is 0 Å². The molecule has 0 bridgehead atoms. The first kappa shape index (κ1) is 34.2. The fourth-order valence-corrected chi connectivity index (χ4v) is 0.599. The van der Waals surface area contributed by atoms with E-state index in [0.717, 1.165) is 0 Å². The standard InChI is InChI=1S/3C3H4O3S.Na.H2S/c3*4-2(1-7)3(5)6;;/h3*7H,1H2,(H,5,6);;1H2/q;;;+1;/p-1. The Hall–Kier alpha value is -0.180. The molecule has 0 heterocycles. The van der Waals surface area contributed by atoms with Gasteiger partial charge in [-0.05, 0) is 0 Å². The molecule has 0 radical (unpaired) electrons. The fourth-order valence-electron chi connectivity index (χ4n) is 0.200. The number of hydrogen-bond donors (Lipinski definition) is 5. The van der Waals surface area contributed by atoms with Gasteiger partial charge in [0.15, 0.2) is 5.78 Å². The number of carboxylic acids is 3. The first-order valence-corrected chi connectivity index (χ1v) is 6.53. The fraction of sp³-hybridized carbons (Fsp3) is 0.333. The molecule has 0 aromatic rings. The van der Waals surface area contributed by atoms with Crippen molar-refractivity contribution in [1.82, 2.24) is 0 Å². The zero-order chi connectivity index (χ0) is 17.6. The molecule has 0 atom stereocenters. The van der Waals surface area contributed by atoms with Crippen LogP contribution in [-0.2, 0) is 28.8 Å². The molecule has 0 aliphatic rings. The SMILES string of the molecule is O=C(O)C(=O)CS.O=C(O)C(=O)CS.O=C([O-])C(=O)CS.S.[Na+]. The third-order valence-corrected chi connectivity index (χ3v) is 2.00. The molecular weight excluding hydrogens is 403 g/mol. The van der Waals surface area contributed by atoms with E-state index >= 15 is 0 Å². The smallest absolute Gasteiger partial charge is 0.542 e. The molecule has 0 amide bonds. The van der Waals surface area contributed by atoms with Gasteiger partial charge in [0.2, 0.25) is 11.6 Å². The third-order valence-electron chi connectivity index (χ3n) is 1.14. The second kappa shape index (κ2) is 21.8. The quantitative estimate of drug-likeness (QED) is 0.161. The normalized spacial score (nSPS) is 7.43. The van der Waals surface area contributed by atoms with Crippen LogP contribution in [0.3, 0.4) is 0 Å². The minimum atomic E-state index is -1.67. The molecule has 0 unspecified atom stereocenters. The summed E-state index contributed by atoms with van der Waals surface area (Å²) >= 11 is 10.2. The van der Waals surface area contributed by atoms with Crippen LogP contribution >= 0.6 is 51.4 Å². The van der Waals surface area contributed by atoms with Gasteiger partial charge in [0.1, 0.15) is 5.97 Å². The monoisotopic (exact) mass is 416 g/mol. The van der Waals surface area contributed by atoms with Gasteiger partial charge in [0, 0.05) is 0 Å². The van der Waals surface area contributed by atoms with E-state index in [9.17, 15) is 33.9 Å². The summed E-state index contributed by atoms with van der Waals surface area (Å²) in [5, 5.41) is 25.0. The number of Topliss-reactive ketones (excluding diaryl/α,β-unsaturated/α-hetero) is 3. The van der Waals surface area contributed by atoms with Crippen LogP contribution in [0.25, 0.3) is 0 Å². The summed E-state index contributed by atoms with van der Waals surface area (Å²) in [6.07, 6.45) is 0. The molecular formula is C9H13NaO9S4. The van der Waals surface area contributed by atoms with Gasteiger partial charge < -0.3 is 20.1 Å². The number of carbonyl (C=O) groups is 6. The molecule has 0 rings (SSSR count). The van der Waals surface area contributed by atoms with Gasteiger partial charge >= 0.3 is 41.5 Å². The molecule has 0 saturated heterocycles. The Morgan fingerprint density at radius 2 is 0.913 bits per heavy atom. The van der Waals surface area contributed by atoms with E-state index in [2.05, 4.69) is 37.9 Å². The van der Waals surface area contributed by atoms with Crippen molar-refractivity contribution in [3.8, 4) is 0 Å².